The van der Waals surface area contributed by atoms with E-state index in [0.29, 0.717) is 39.2 Å². The Morgan fingerprint density at radius 1 is 0.957 bits per heavy atom. The lowest BCUT2D eigenvalue weighted by Crippen LogP contribution is -2.34. The third-order valence-corrected chi connectivity index (χ3v) is 8.26. The van der Waals surface area contributed by atoms with Crippen LogP contribution in [0.2, 0.25) is 0 Å². The molecule has 1 N–H and O–H groups in total. The van der Waals surface area contributed by atoms with Crippen molar-refractivity contribution in [3.05, 3.63) is 118 Å². The van der Waals surface area contributed by atoms with Gasteiger partial charge in [0.05, 0.1) is 50.3 Å². The monoisotopic (exact) mass is 650 g/mol. The molecule has 228 valence electrons. The molecule has 13 nitrogen and oxygen atoms in total. The highest BCUT2D eigenvalue weighted by molar-refractivity contribution is 7.94. The summed E-state index contributed by atoms with van der Waals surface area (Å²) in [5.41, 5.74) is 2.00. The number of para-hydroxylation sites is 2. The molecule has 46 heavy (non-hydrogen) atoms. The Labute approximate surface area is 264 Å². The normalized spacial score (nSPS) is 12.2. The molecule has 2 aromatic heterocycles. The fraction of sp³-hybridized carbons (Fsp3) is 0. The molecule has 0 aliphatic rings. The van der Waals surface area contributed by atoms with Crippen molar-refractivity contribution in [2.24, 2.45) is 10.2 Å². The van der Waals surface area contributed by atoms with Crippen LogP contribution >= 0.6 is 12.0 Å². The Bertz CT molecular complexity index is 2390. The predicted molar refractivity (Wildman–Crippen MR) is 165 cm³/mol. The largest absolute Gasteiger partial charge is 0.744 e. The number of pyridine rings is 1. The van der Waals surface area contributed by atoms with Crippen molar-refractivity contribution in [2.45, 2.75) is 9.79 Å². The molecule has 0 bridgehead atoms. The average molecular weight is 651 g/mol. The molecule has 6 rings (SSSR count). The molecule has 0 unspecified atom stereocenters. The van der Waals surface area contributed by atoms with Gasteiger partial charge in [0.2, 0.25) is 0 Å². The van der Waals surface area contributed by atoms with Crippen LogP contribution in [-0.4, -0.2) is 22.4 Å². The van der Waals surface area contributed by atoms with Crippen LogP contribution in [-0.2, 0) is 19.5 Å². The summed E-state index contributed by atoms with van der Waals surface area (Å²) in [6.07, 6.45) is 1.27. The first-order chi connectivity index (χ1) is 22.3. The van der Waals surface area contributed by atoms with Gasteiger partial charge in [0.25, 0.3) is 5.56 Å². The zero-order chi connectivity index (χ0) is 32.3. The Hall–Kier alpha value is -5.47. The van der Waals surface area contributed by atoms with Crippen LogP contribution in [0.5, 0.6) is 0 Å². The minimum Gasteiger partial charge on any atom is -0.744 e. The molecule has 0 atom stereocenters. The molecule has 0 spiro atoms. The molecule has 15 heteroatoms. The van der Waals surface area contributed by atoms with Crippen molar-refractivity contribution in [1.29, 1.82) is 5.26 Å². The van der Waals surface area contributed by atoms with Crippen LogP contribution in [0.25, 0.3) is 34.0 Å². The van der Waals surface area contributed by atoms with Gasteiger partial charge in [0.1, 0.15) is 21.8 Å². The standard InChI is InChI=1S/C31H20N6O7S2/c32-17-23-29(19-6-2-1-3-7-19)24(31(38)37-27-9-5-4-8-25(27)34-30(23)37)18-33-26-15-12-21(16-28(26)46(40,41)42)36-35-20-10-13-22(14-11-20)45-44-43-39/h1-16,18,33,39H,(H,40,41,42)/p-2/b24-18+,36-35?. The number of nitrogens with one attached hydrogen (secondary N) is 1. The summed E-state index contributed by atoms with van der Waals surface area (Å²) >= 11 is 0.698. The maximum Gasteiger partial charge on any atom is 0.266 e. The summed E-state index contributed by atoms with van der Waals surface area (Å²) in [6.45, 7) is 0. The van der Waals surface area contributed by atoms with E-state index in [1.54, 1.807) is 78.9 Å². The summed E-state index contributed by atoms with van der Waals surface area (Å²) in [5, 5.41) is 34.5. The second-order valence-electron chi connectivity index (χ2n) is 9.54. The van der Waals surface area contributed by atoms with Gasteiger partial charge in [0.15, 0.2) is 5.65 Å². The highest BCUT2D eigenvalue weighted by Crippen LogP contribution is 2.29. The van der Waals surface area contributed by atoms with Crippen LogP contribution in [0.4, 0.5) is 17.1 Å². The first kappa shape index (κ1) is 30.6. The van der Waals surface area contributed by atoms with E-state index in [1.807, 2.05) is 0 Å². The molecular formula is C31H18N6O7S2-2. The second kappa shape index (κ2) is 12.9. The van der Waals surface area contributed by atoms with Crippen LogP contribution in [0.3, 0.4) is 0 Å². The van der Waals surface area contributed by atoms with Crippen molar-refractivity contribution in [1.82, 2.24) is 9.38 Å². The fourth-order valence-electron chi connectivity index (χ4n) is 4.80. The summed E-state index contributed by atoms with van der Waals surface area (Å²) in [4.78, 5) is 18.5. The number of rotatable bonds is 9. The lowest BCUT2D eigenvalue weighted by atomic mass is 9.99. The number of nitrogens with zero attached hydrogens (tertiary/aromatic N) is 5. The third kappa shape index (κ3) is 6.07. The Kier molecular flexibility index (Phi) is 8.55. The molecule has 0 radical (unpaired) electrons. The lowest BCUT2D eigenvalue weighted by molar-refractivity contribution is -0.777. The molecule has 6 aromatic rings. The Balaban J connectivity index is 1.45. The summed E-state index contributed by atoms with van der Waals surface area (Å²) in [7, 11) is -5.03. The number of anilines is 1. The van der Waals surface area contributed by atoms with Crippen molar-refractivity contribution < 1.29 is 27.6 Å². The van der Waals surface area contributed by atoms with E-state index in [1.165, 1.54) is 22.7 Å². The van der Waals surface area contributed by atoms with E-state index >= 15 is 0 Å². The average Bonchev–Trinajstić information content (AvgIpc) is 3.46. The molecule has 0 saturated heterocycles. The summed E-state index contributed by atoms with van der Waals surface area (Å²) in [6, 6.07) is 28.0. The van der Waals surface area contributed by atoms with E-state index in [9.17, 15) is 28.3 Å². The van der Waals surface area contributed by atoms with Crippen LogP contribution in [0.15, 0.2) is 122 Å². The topological polar surface area (TPSA) is 194 Å². The number of hydrogen-bond donors (Lipinski definition) is 1. The first-order valence-corrected chi connectivity index (χ1v) is 15.4. The second-order valence-corrected chi connectivity index (χ2v) is 11.7. The number of nitriles is 1. The molecular weight excluding hydrogens is 633 g/mol. The van der Waals surface area contributed by atoms with Gasteiger partial charge >= 0.3 is 0 Å². The number of fused-ring (bicyclic) bond motifs is 3. The van der Waals surface area contributed by atoms with Crippen molar-refractivity contribution >= 4 is 62.1 Å². The number of imidazole rings is 1. The molecule has 2 heterocycles. The molecule has 0 fully saturated rings. The quantitative estimate of drug-likeness (QED) is 0.0761. The van der Waals surface area contributed by atoms with Gasteiger partial charge in [-0.15, -0.1) is 0 Å². The van der Waals surface area contributed by atoms with E-state index in [0.717, 1.165) is 6.07 Å². The van der Waals surface area contributed by atoms with E-state index in [2.05, 4.69) is 36.0 Å². The van der Waals surface area contributed by atoms with Crippen LogP contribution in [0, 0.1) is 11.3 Å². The van der Waals surface area contributed by atoms with Crippen molar-refractivity contribution in [3.8, 4) is 17.2 Å². The number of hydrogen-bond acceptors (Lipinski definition) is 13. The van der Waals surface area contributed by atoms with Crippen molar-refractivity contribution in [3.63, 3.8) is 0 Å². The highest BCUT2D eigenvalue weighted by Gasteiger charge is 2.20. The number of aromatic nitrogens is 2. The predicted octanol–water partition coefficient (Wildman–Crippen LogP) is 4.51. The van der Waals surface area contributed by atoms with Gasteiger partial charge < -0.3 is 15.1 Å². The maximum atomic E-state index is 14.0. The van der Waals surface area contributed by atoms with Gasteiger partial charge in [0, 0.05) is 16.7 Å². The third-order valence-electron chi connectivity index (χ3n) is 6.79. The highest BCUT2D eigenvalue weighted by atomic mass is 32.2. The Morgan fingerprint density at radius 3 is 2.37 bits per heavy atom. The van der Waals surface area contributed by atoms with Gasteiger partial charge in [-0.25, -0.2) is 13.4 Å². The van der Waals surface area contributed by atoms with Gasteiger partial charge in [-0.1, -0.05) is 42.5 Å². The van der Waals surface area contributed by atoms with Gasteiger partial charge in [-0.3, -0.25) is 14.2 Å². The van der Waals surface area contributed by atoms with E-state index < -0.39 is 20.6 Å². The SMILES string of the molecule is N#Cc1c(-c2ccccc2)/c(=C\Nc2ccc(N=Nc3ccc(SOO[O-])cc3)cc2S(=O)(=O)[O-])c(=O)n2c1nc1ccccc12. The zero-order valence-corrected chi connectivity index (χ0v) is 24.9. The van der Waals surface area contributed by atoms with E-state index in [4.69, 9.17) is 0 Å². The lowest BCUT2D eigenvalue weighted by Gasteiger charge is -2.14. The molecule has 0 amide bonds. The number of benzene rings is 4. The van der Waals surface area contributed by atoms with Gasteiger partial charge in [-0.2, -0.15) is 19.8 Å². The van der Waals surface area contributed by atoms with Crippen LogP contribution < -0.4 is 21.4 Å². The molecule has 0 aliphatic carbocycles. The summed E-state index contributed by atoms with van der Waals surface area (Å²) in [5.74, 6) is 0. The summed E-state index contributed by atoms with van der Waals surface area (Å²) < 4.78 is 42.5. The smallest absolute Gasteiger partial charge is 0.266 e. The molecule has 0 aliphatic heterocycles. The minimum absolute atomic E-state index is 0.0465. The molecule has 4 aromatic carbocycles. The minimum atomic E-state index is -5.03. The van der Waals surface area contributed by atoms with E-state index in [-0.39, 0.29) is 33.4 Å². The van der Waals surface area contributed by atoms with Crippen molar-refractivity contribution in [2.75, 3.05) is 5.32 Å². The number of azo groups is 1. The van der Waals surface area contributed by atoms with Gasteiger partial charge in [-0.05, 0) is 60.2 Å². The fourth-order valence-corrected chi connectivity index (χ4v) is 5.82. The van der Waals surface area contributed by atoms with Crippen LogP contribution in [0.1, 0.15) is 5.56 Å². The Morgan fingerprint density at radius 2 is 1.65 bits per heavy atom. The first-order valence-electron chi connectivity index (χ1n) is 13.2. The molecule has 0 saturated carbocycles. The maximum absolute atomic E-state index is 14.0. The zero-order valence-electron chi connectivity index (χ0n) is 23.2.